The van der Waals surface area contributed by atoms with Gasteiger partial charge in [0.25, 0.3) is 0 Å². The zero-order chi connectivity index (χ0) is 16.8. The Hall–Kier alpha value is -2.55. The van der Waals surface area contributed by atoms with E-state index >= 15 is 0 Å². The number of ether oxygens (including phenoxy) is 2. The Labute approximate surface area is 131 Å². The molecular weight excluding hydrogens is 284 g/mol. The molecule has 0 spiro atoms. The summed E-state index contributed by atoms with van der Waals surface area (Å²) in [5.74, 6) is -1.32. The normalized spacial score (nSPS) is 10.9. The fraction of sp³-hybridized carbons (Fsp3) is 0.438. The molecule has 0 N–H and O–H groups in total. The third-order valence-electron chi connectivity index (χ3n) is 2.65. The van der Waals surface area contributed by atoms with Crippen molar-refractivity contribution in [2.24, 2.45) is 0 Å². The number of nitrogens with zero attached hydrogens (tertiary/aromatic N) is 2. The van der Waals surface area contributed by atoms with E-state index in [0.29, 0.717) is 6.42 Å². The van der Waals surface area contributed by atoms with Crippen molar-refractivity contribution < 1.29 is 19.1 Å². The molecule has 120 valence electrons. The van der Waals surface area contributed by atoms with Crippen LogP contribution in [-0.2, 0) is 19.1 Å². The van der Waals surface area contributed by atoms with Gasteiger partial charge in [-0.2, -0.15) is 5.26 Å². The lowest BCUT2D eigenvalue weighted by Crippen LogP contribution is -2.15. The lowest BCUT2D eigenvalue weighted by atomic mass is 10.2. The summed E-state index contributed by atoms with van der Waals surface area (Å²) >= 11 is 0. The average molecular weight is 306 g/mol. The van der Waals surface area contributed by atoms with Gasteiger partial charge in [-0.05, 0) is 26.5 Å². The molecule has 0 aromatic heterocycles. The predicted octanol–water partition coefficient (Wildman–Crippen LogP) is 1.95. The Morgan fingerprint density at radius 3 is 2.41 bits per heavy atom. The van der Waals surface area contributed by atoms with Crippen LogP contribution in [0.15, 0.2) is 36.6 Å². The second-order valence-electron chi connectivity index (χ2n) is 4.08. The quantitative estimate of drug-likeness (QED) is 0.266. The monoisotopic (exact) mass is 306 g/mol. The zero-order valence-corrected chi connectivity index (χ0v) is 13.1. The van der Waals surface area contributed by atoms with Crippen LogP contribution in [0.25, 0.3) is 0 Å². The molecule has 0 atom stereocenters. The van der Waals surface area contributed by atoms with E-state index in [4.69, 9.17) is 10.00 Å². The molecule has 0 bridgehead atoms. The van der Waals surface area contributed by atoms with Crippen LogP contribution in [0.5, 0.6) is 0 Å². The van der Waals surface area contributed by atoms with Gasteiger partial charge >= 0.3 is 11.9 Å². The summed E-state index contributed by atoms with van der Waals surface area (Å²) < 4.78 is 9.49. The number of carbonyl (C=O) groups is 2. The maximum Gasteiger partial charge on any atom is 0.348 e. The Kier molecular flexibility index (Phi) is 10.8. The Morgan fingerprint density at radius 2 is 1.86 bits per heavy atom. The number of allylic oxidation sites excluding steroid dienone is 2. The van der Waals surface area contributed by atoms with Crippen LogP contribution in [0.2, 0.25) is 0 Å². The molecule has 0 amide bonds. The summed E-state index contributed by atoms with van der Waals surface area (Å²) in [4.78, 5) is 24.5. The van der Waals surface area contributed by atoms with Crippen LogP contribution in [0.3, 0.4) is 0 Å². The smallest absolute Gasteiger partial charge is 0.348 e. The number of nitriles is 1. The maximum absolute atomic E-state index is 11.6. The van der Waals surface area contributed by atoms with Crippen molar-refractivity contribution in [2.45, 2.75) is 20.3 Å². The molecule has 0 unspecified atom stereocenters. The standard InChI is InChI=1S/C16H22N2O4/c1-4-15(19)21-11-12-22-16(20)14(13-17)9-7-8-10-18(5-2)6-3/h4,8-10H,1,5-7,11-12H2,2-3H3/b10-8+,14-9+. The molecule has 6 heteroatoms. The molecule has 0 heterocycles. The molecular formula is C16H22N2O4. The van der Waals surface area contributed by atoms with Crippen molar-refractivity contribution >= 4 is 11.9 Å². The molecule has 6 nitrogen and oxygen atoms in total. The molecule has 0 saturated carbocycles. The van der Waals surface area contributed by atoms with E-state index in [-0.39, 0.29) is 18.8 Å². The molecule has 0 aliphatic carbocycles. The van der Waals surface area contributed by atoms with E-state index < -0.39 is 11.9 Å². The number of carbonyl (C=O) groups excluding carboxylic acids is 2. The Bertz CT molecular complexity index is 471. The minimum Gasteiger partial charge on any atom is -0.459 e. The Balaban J connectivity index is 4.24. The van der Waals surface area contributed by atoms with Gasteiger partial charge in [0.1, 0.15) is 24.9 Å². The number of hydrogen-bond acceptors (Lipinski definition) is 6. The second kappa shape index (κ2) is 12.2. The molecule has 0 rings (SSSR count). The third kappa shape index (κ3) is 8.59. The minimum absolute atomic E-state index is 0.0701. The van der Waals surface area contributed by atoms with Gasteiger partial charge in [0.2, 0.25) is 0 Å². The maximum atomic E-state index is 11.6. The molecule has 22 heavy (non-hydrogen) atoms. The summed E-state index contributed by atoms with van der Waals surface area (Å²) in [5.41, 5.74) is -0.0701. The van der Waals surface area contributed by atoms with Gasteiger partial charge in [-0.25, -0.2) is 9.59 Å². The van der Waals surface area contributed by atoms with Gasteiger partial charge in [-0.3, -0.25) is 0 Å². The van der Waals surface area contributed by atoms with E-state index in [2.05, 4.69) is 16.2 Å². The van der Waals surface area contributed by atoms with Crippen LogP contribution in [0.4, 0.5) is 0 Å². The summed E-state index contributed by atoms with van der Waals surface area (Å²) in [5, 5.41) is 8.93. The number of esters is 2. The molecule has 0 aliphatic rings. The van der Waals surface area contributed by atoms with Crippen LogP contribution in [0, 0.1) is 11.3 Å². The van der Waals surface area contributed by atoms with Gasteiger partial charge in [0.15, 0.2) is 0 Å². The van der Waals surface area contributed by atoms with Crippen LogP contribution in [-0.4, -0.2) is 43.1 Å². The molecule has 0 aromatic rings. The topological polar surface area (TPSA) is 79.6 Å². The summed E-state index contributed by atoms with van der Waals surface area (Å²) in [6.07, 6.45) is 6.76. The SMILES string of the molecule is C=CC(=O)OCCOC(=O)/C(C#N)=C/C/C=C/N(CC)CC. The average Bonchev–Trinajstić information content (AvgIpc) is 2.54. The van der Waals surface area contributed by atoms with Crippen LogP contribution < -0.4 is 0 Å². The first kappa shape index (κ1) is 19.4. The Morgan fingerprint density at radius 1 is 1.23 bits per heavy atom. The lowest BCUT2D eigenvalue weighted by molar-refractivity contribution is -0.146. The highest BCUT2D eigenvalue weighted by Gasteiger charge is 2.09. The largest absolute Gasteiger partial charge is 0.459 e. The molecule has 0 radical (unpaired) electrons. The first-order chi connectivity index (χ1) is 10.6. The van der Waals surface area contributed by atoms with Crippen molar-refractivity contribution in [1.29, 1.82) is 5.26 Å². The number of hydrogen-bond donors (Lipinski definition) is 0. The van der Waals surface area contributed by atoms with Gasteiger partial charge in [-0.15, -0.1) is 0 Å². The summed E-state index contributed by atoms with van der Waals surface area (Å²) in [6, 6.07) is 1.79. The van der Waals surface area contributed by atoms with Gasteiger partial charge in [-0.1, -0.05) is 18.7 Å². The van der Waals surface area contributed by atoms with Crippen molar-refractivity contribution in [3.05, 3.63) is 36.6 Å². The lowest BCUT2D eigenvalue weighted by Gasteiger charge is -2.14. The van der Waals surface area contributed by atoms with E-state index in [1.54, 1.807) is 6.07 Å². The second-order valence-corrected chi connectivity index (χ2v) is 4.08. The van der Waals surface area contributed by atoms with Crippen LogP contribution in [0.1, 0.15) is 20.3 Å². The van der Waals surface area contributed by atoms with Gasteiger partial charge in [0, 0.05) is 19.2 Å². The zero-order valence-electron chi connectivity index (χ0n) is 13.1. The fourth-order valence-corrected chi connectivity index (χ4v) is 1.42. The third-order valence-corrected chi connectivity index (χ3v) is 2.65. The van der Waals surface area contributed by atoms with Crippen molar-refractivity contribution in [2.75, 3.05) is 26.3 Å². The van der Waals surface area contributed by atoms with Crippen molar-refractivity contribution in [1.82, 2.24) is 4.90 Å². The van der Waals surface area contributed by atoms with Crippen LogP contribution >= 0.6 is 0 Å². The molecule has 0 saturated heterocycles. The van der Waals surface area contributed by atoms with E-state index in [1.807, 2.05) is 26.1 Å². The molecule has 0 aromatic carbocycles. The highest BCUT2D eigenvalue weighted by Crippen LogP contribution is 2.01. The van der Waals surface area contributed by atoms with Crippen molar-refractivity contribution in [3.63, 3.8) is 0 Å². The summed E-state index contributed by atoms with van der Waals surface area (Å²) in [7, 11) is 0. The van der Waals surface area contributed by atoms with E-state index in [9.17, 15) is 9.59 Å². The fourth-order valence-electron chi connectivity index (χ4n) is 1.42. The minimum atomic E-state index is -0.728. The highest BCUT2D eigenvalue weighted by atomic mass is 16.6. The number of rotatable bonds is 10. The van der Waals surface area contributed by atoms with Gasteiger partial charge in [0.05, 0.1) is 0 Å². The molecule has 0 aliphatic heterocycles. The van der Waals surface area contributed by atoms with E-state index in [0.717, 1.165) is 19.2 Å². The highest BCUT2D eigenvalue weighted by molar-refractivity contribution is 5.92. The van der Waals surface area contributed by atoms with Gasteiger partial charge < -0.3 is 14.4 Å². The predicted molar refractivity (Wildman–Crippen MR) is 82.5 cm³/mol. The first-order valence-corrected chi connectivity index (χ1v) is 7.06. The van der Waals surface area contributed by atoms with E-state index in [1.165, 1.54) is 6.08 Å². The first-order valence-electron chi connectivity index (χ1n) is 7.06. The summed E-state index contributed by atoms with van der Waals surface area (Å²) in [6.45, 7) is 8.94. The van der Waals surface area contributed by atoms with Crippen molar-refractivity contribution in [3.8, 4) is 6.07 Å². The molecule has 0 fully saturated rings.